The molecule has 12 heteroatoms. The molecule has 1 aliphatic carbocycles. The summed E-state index contributed by atoms with van der Waals surface area (Å²) in [5.74, 6) is 0.0480. The van der Waals surface area contributed by atoms with E-state index in [4.69, 9.17) is 0 Å². The highest BCUT2D eigenvalue weighted by Gasteiger charge is 2.30. The van der Waals surface area contributed by atoms with Crippen molar-refractivity contribution >= 4 is 34.4 Å². The Kier molecular flexibility index (Phi) is 6.52. The second kappa shape index (κ2) is 9.24. The fourth-order valence-electron chi connectivity index (χ4n) is 3.99. The van der Waals surface area contributed by atoms with E-state index in [2.05, 4.69) is 15.3 Å². The van der Waals surface area contributed by atoms with E-state index in [1.54, 1.807) is 0 Å². The highest BCUT2D eigenvalue weighted by Crippen LogP contribution is 2.34. The normalized spacial score (nSPS) is 14.6. The van der Waals surface area contributed by atoms with Crippen LogP contribution >= 0.6 is 11.8 Å². The number of aryl methyl sites for hydroxylation is 1. The lowest BCUT2D eigenvalue weighted by Crippen LogP contribution is -2.38. The summed E-state index contributed by atoms with van der Waals surface area (Å²) in [5.41, 5.74) is -1.44. The van der Waals surface area contributed by atoms with Gasteiger partial charge in [-0.25, -0.2) is 14.8 Å². The molecule has 1 fully saturated rings. The Hall–Kier alpha value is -3.15. The first-order chi connectivity index (χ1) is 16.1. The molecule has 2 aromatic heterocycles. The highest BCUT2D eigenvalue weighted by molar-refractivity contribution is 8.00. The fourth-order valence-corrected chi connectivity index (χ4v) is 4.81. The van der Waals surface area contributed by atoms with Gasteiger partial charge in [0.05, 0.1) is 11.3 Å². The number of carbonyl (C=O) groups excluding carboxylic acids is 1. The van der Waals surface area contributed by atoms with Gasteiger partial charge in [-0.3, -0.25) is 18.7 Å². The molecular formula is C22H22F3N5O3S. The standard InChI is InChI=1S/C22H22F3N5O3S/c1-29-18-16(20(32)30(2)21(29)33)19(28-17(27-18)12-5-3-4-6-12)34-11-15(31)26-14-9-7-13(8-10-14)22(23,24)25/h7-10,12H,3-6,11H2,1-2H3,(H,26,31). The number of aromatic nitrogens is 4. The number of benzene rings is 1. The molecule has 0 aliphatic heterocycles. The van der Waals surface area contributed by atoms with Gasteiger partial charge in [-0.2, -0.15) is 13.2 Å². The summed E-state index contributed by atoms with van der Waals surface area (Å²) in [5, 5.41) is 2.99. The minimum absolute atomic E-state index is 0.115. The molecule has 1 N–H and O–H groups in total. The van der Waals surface area contributed by atoms with Gasteiger partial charge >= 0.3 is 11.9 Å². The van der Waals surface area contributed by atoms with Crippen molar-refractivity contribution in [1.82, 2.24) is 19.1 Å². The fraction of sp³-hybridized carbons (Fsp3) is 0.409. The maximum Gasteiger partial charge on any atom is 0.416 e. The van der Waals surface area contributed by atoms with Gasteiger partial charge in [0.15, 0.2) is 5.65 Å². The van der Waals surface area contributed by atoms with E-state index in [0.29, 0.717) is 10.9 Å². The monoisotopic (exact) mass is 493 g/mol. The Morgan fingerprint density at radius 1 is 1.09 bits per heavy atom. The van der Waals surface area contributed by atoms with Crippen molar-refractivity contribution in [2.45, 2.75) is 42.8 Å². The Morgan fingerprint density at radius 3 is 2.35 bits per heavy atom. The summed E-state index contributed by atoms with van der Waals surface area (Å²) in [6, 6.07) is 4.13. The van der Waals surface area contributed by atoms with Crippen molar-refractivity contribution in [3.8, 4) is 0 Å². The molecule has 4 rings (SSSR count). The molecule has 1 aliphatic rings. The molecule has 0 saturated heterocycles. The molecule has 1 saturated carbocycles. The number of halogens is 3. The summed E-state index contributed by atoms with van der Waals surface area (Å²) in [6.45, 7) is 0. The van der Waals surface area contributed by atoms with Crippen LogP contribution in [0.1, 0.15) is 43.0 Å². The number of rotatable bonds is 5. The van der Waals surface area contributed by atoms with Crippen LogP contribution in [-0.4, -0.2) is 30.8 Å². The molecule has 3 aromatic rings. The minimum Gasteiger partial charge on any atom is -0.325 e. The van der Waals surface area contributed by atoms with Gasteiger partial charge < -0.3 is 5.32 Å². The van der Waals surface area contributed by atoms with Crippen LogP contribution in [0.2, 0.25) is 0 Å². The number of thioether (sulfide) groups is 1. The van der Waals surface area contributed by atoms with Gasteiger partial charge in [0.25, 0.3) is 5.56 Å². The first-order valence-corrected chi connectivity index (χ1v) is 11.6. The van der Waals surface area contributed by atoms with E-state index in [-0.39, 0.29) is 28.4 Å². The smallest absolute Gasteiger partial charge is 0.325 e. The van der Waals surface area contributed by atoms with E-state index in [1.165, 1.54) is 30.8 Å². The maximum atomic E-state index is 12.9. The molecule has 1 aromatic carbocycles. The van der Waals surface area contributed by atoms with Crippen molar-refractivity contribution in [2.24, 2.45) is 14.1 Å². The molecule has 0 spiro atoms. The zero-order chi connectivity index (χ0) is 24.6. The molecule has 180 valence electrons. The number of carbonyl (C=O) groups is 1. The Labute approximate surface area is 196 Å². The van der Waals surface area contributed by atoms with Crippen LogP contribution in [0, 0.1) is 0 Å². The molecule has 0 atom stereocenters. The van der Waals surface area contributed by atoms with Gasteiger partial charge in [0.1, 0.15) is 16.2 Å². The van der Waals surface area contributed by atoms with Gasteiger partial charge in [0.2, 0.25) is 5.91 Å². The third-order valence-electron chi connectivity index (χ3n) is 5.84. The van der Waals surface area contributed by atoms with Crippen molar-refractivity contribution in [2.75, 3.05) is 11.1 Å². The van der Waals surface area contributed by atoms with Crippen LogP contribution in [0.15, 0.2) is 38.9 Å². The van der Waals surface area contributed by atoms with E-state index < -0.39 is 28.9 Å². The lowest BCUT2D eigenvalue weighted by molar-refractivity contribution is -0.137. The second-order valence-corrected chi connectivity index (χ2v) is 9.15. The lowest BCUT2D eigenvalue weighted by atomic mass is 10.1. The van der Waals surface area contributed by atoms with Crippen LogP contribution < -0.4 is 16.6 Å². The van der Waals surface area contributed by atoms with Crippen LogP contribution in [-0.2, 0) is 25.1 Å². The minimum atomic E-state index is -4.46. The largest absolute Gasteiger partial charge is 0.416 e. The van der Waals surface area contributed by atoms with E-state index in [9.17, 15) is 27.6 Å². The summed E-state index contributed by atoms with van der Waals surface area (Å²) in [4.78, 5) is 46.9. The molecule has 8 nitrogen and oxygen atoms in total. The number of nitrogens with one attached hydrogen (secondary N) is 1. The quantitative estimate of drug-likeness (QED) is 0.432. The zero-order valence-corrected chi connectivity index (χ0v) is 19.3. The average Bonchev–Trinajstić information content (AvgIpc) is 3.34. The van der Waals surface area contributed by atoms with Crippen LogP contribution in [0.4, 0.5) is 18.9 Å². The summed E-state index contributed by atoms with van der Waals surface area (Å²) < 4.78 is 40.4. The summed E-state index contributed by atoms with van der Waals surface area (Å²) in [7, 11) is 2.89. The third-order valence-corrected chi connectivity index (χ3v) is 6.82. The van der Waals surface area contributed by atoms with Gasteiger partial charge in [-0.05, 0) is 37.1 Å². The molecule has 2 heterocycles. The van der Waals surface area contributed by atoms with Crippen molar-refractivity contribution in [3.05, 3.63) is 56.5 Å². The molecule has 34 heavy (non-hydrogen) atoms. The van der Waals surface area contributed by atoms with Crippen LogP contribution in [0.5, 0.6) is 0 Å². The Balaban J connectivity index is 1.62. The van der Waals surface area contributed by atoms with Gasteiger partial charge in [-0.1, -0.05) is 24.6 Å². The number of anilines is 1. The van der Waals surface area contributed by atoms with Crippen molar-refractivity contribution in [1.29, 1.82) is 0 Å². The predicted octanol–water partition coefficient (Wildman–Crippen LogP) is 3.43. The number of amides is 1. The van der Waals surface area contributed by atoms with Gasteiger partial charge in [0, 0.05) is 25.7 Å². The molecule has 0 bridgehead atoms. The molecule has 0 radical (unpaired) electrons. The third kappa shape index (κ3) is 4.72. The van der Waals surface area contributed by atoms with Crippen LogP contribution in [0.25, 0.3) is 11.0 Å². The molecule has 1 amide bonds. The predicted molar refractivity (Wildman–Crippen MR) is 122 cm³/mol. The topological polar surface area (TPSA) is 98.9 Å². The second-order valence-electron chi connectivity index (χ2n) is 8.18. The number of hydrogen-bond donors (Lipinski definition) is 1. The van der Waals surface area contributed by atoms with E-state index >= 15 is 0 Å². The first kappa shape index (κ1) is 24.0. The van der Waals surface area contributed by atoms with Crippen molar-refractivity contribution < 1.29 is 18.0 Å². The van der Waals surface area contributed by atoms with E-state index in [1.807, 2.05) is 0 Å². The molecule has 0 unspecified atom stereocenters. The highest BCUT2D eigenvalue weighted by atomic mass is 32.2. The summed E-state index contributed by atoms with van der Waals surface area (Å²) >= 11 is 1.02. The van der Waals surface area contributed by atoms with Gasteiger partial charge in [-0.15, -0.1) is 0 Å². The van der Waals surface area contributed by atoms with Crippen molar-refractivity contribution in [3.63, 3.8) is 0 Å². The zero-order valence-electron chi connectivity index (χ0n) is 18.5. The number of hydrogen-bond acceptors (Lipinski definition) is 6. The maximum absolute atomic E-state index is 12.9. The molecular weight excluding hydrogens is 471 g/mol. The van der Waals surface area contributed by atoms with E-state index in [0.717, 1.165) is 54.1 Å². The number of alkyl halides is 3. The Morgan fingerprint density at radius 2 is 1.74 bits per heavy atom. The SMILES string of the molecule is Cn1c(=O)c2c(SCC(=O)Nc3ccc(C(F)(F)F)cc3)nc(C3CCCC3)nc2n(C)c1=O. The van der Waals surface area contributed by atoms with Crippen LogP contribution in [0.3, 0.4) is 0 Å². The number of nitrogens with zero attached hydrogens (tertiary/aromatic N) is 4. The Bertz CT molecular complexity index is 1360. The number of fused-ring (bicyclic) bond motifs is 1. The summed E-state index contributed by atoms with van der Waals surface area (Å²) in [6.07, 6.45) is -0.569. The first-order valence-electron chi connectivity index (χ1n) is 10.6. The lowest BCUT2D eigenvalue weighted by Gasteiger charge is -2.14. The average molecular weight is 494 g/mol.